The van der Waals surface area contributed by atoms with Gasteiger partial charge in [0.15, 0.2) is 0 Å². The highest BCUT2D eigenvalue weighted by molar-refractivity contribution is 5.92. The summed E-state index contributed by atoms with van der Waals surface area (Å²) in [7, 11) is 0. The van der Waals surface area contributed by atoms with Crippen molar-refractivity contribution in [2.24, 2.45) is 0 Å². The number of anilines is 4. The lowest BCUT2D eigenvalue weighted by Crippen LogP contribution is -2.37. The zero-order valence-corrected chi connectivity index (χ0v) is 14.3. The largest absolute Gasteiger partial charge is 0.416 e. The van der Waals surface area contributed by atoms with E-state index in [4.69, 9.17) is 11.1 Å². The van der Waals surface area contributed by atoms with E-state index >= 15 is 0 Å². The number of nitrogens with two attached hydrogens (primary N) is 1. The summed E-state index contributed by atoms with van der Waals surface area (Å²) in [6.07, 6.45) is -2.70. The Bertz CT molecular complexity index is 834. The van der Waals surface area contributed by atoms with Gasteiger partial charge in [-0.2, -0.15) is 23.1 Å². The summed E-state index contributed by atoms with van der Waals surface area (Å²) >= 11 is 0. The van der Waals surface area contributed by atoms with Crippen LogP contribution in [-0.4, -0.2) is 40.5 Å². The number of nitrogen functional groups attached to an aromatic ring is 1. The molecule has 0 atom stereocenters. The molecule has 2 heterocycles. The molecule has 1 aromatic carbocycles. The maximum Gasteiger partial charge on any atom is 0.416 e. The fourth-order valence-corrected chi connectivity index (χ4v) is 2.93. The van der Waals surface area contributed by atoms with Crippen molar-refractivity contribution in [3.8, 4) is 0 Å². The summed E-state index contributed by atoms with van der Waals surface area (Å²) in [4.78, 5) is 10.1. The number of nitrogens with one attached hydrogen (secondary N) is 2. The molecule has 7 nitrogen and oxygen atoms in total. The van der Waals surface area contributed by atoms with Crippen LogP contribution in [0.15, 0.2) is 24.3 Å². The van der Waals surface area contributed by atoms with E-state index in [1.165, 1.54) is 12.1 Å². The van der Waals surface area contributed by atoms with E-state index in [2.05, 4.69) is 15.3 Å². The molecular weight excluding hydrogens is 361 g/mol. The normalized spacial score (nSPS) is 15.6. The SMILES string of the molecule is N=Cc1c(Nc2cccc(C(F)(F)F)c2)nc(N)nc1N1CCC(O)CC1. The molecule has 0 unspecified atom stereocenters. The number of aromatic nitrogens is 2. The van der Waals surface area contributed by atoms with Crippen LogP contribution in [0.25, 0.3) is 0 Å². The number of rotatable bonds is 4. The molecule has 1 aromatic heterocycles. The Morgan fingerprint density at radius 3 is 2.59 bits per heavy atom. The third-order valence-corrected chi connectivity index (χ3v) is 4.30. The number of halogens is 3. The van der Waals surface area contributed by atoms with Crippen molar-refractivity contribution in [3.63, 3.8) is 0 Å². The van der Waals surface area contributed by atoms with Gasteiger partial charge in [-0.05, 0) is 31.0 Å². The first-order valence-corrected chi connectivity index (χ1v) is 8.33. The van der Waals surface area contributed by atoms with Crippen LogP contribution >= 0.6 is 0 Å². The Morgan fingerprint density at radius 1 is 1.26 bits per heavy atom. The van der Waals surface area contributed by atoms with Gasteiger partial charge in [-0.15, -0.1) is 0 Å². The summed E-state index contributed by atoms with van der Waals surface area (Å²) in [5.74, 6) is 0.507. The second-order valence-corrected chi connectivity index (χ2v) is 6.23. The van der Waals surface area contributed by atoms with Crippen molar-refractivity contribution in [1.82, 2.24) is 9.97 Å². The molecule has 0 radical (unpaired) electrons. The number of piperidine rings is 1. The van der Waals surface area contributed by atoms with Gasteiger partial charge in [0.1, 0.15) is 11.6 Å². The number of benzene rings is 1. The fraction of sp³-hybridized carbons (Fsp3) is 0.353. The van der Waals surface area contributed by atoms with Gasteiger partial charge in [0.05, 0.1) is 17.2 Å². The zero-order chi connectivity index (χ0) is 19.6. The highest BCUT2D eigenvalue weighted by atomic mass is 19.4. The maximum atomic E-state index is 12.9. The van der Waals surface area contributed by atoms with Crippen LogP contribution in [0.5, 0.6) is 0 Å². The zero-order valence-electron chi connectivity index (χ0n) is 14.3. The van der Waals surface area contributed by atoms with Crippen molar-refractivity contribution < 1.29 is 18.3 Å². The van der Waals surface area contributed by atoms with Crippen molar-refractivity contribution in [2.45, 2.75) is 25.1 Å². The lowest BCUT2D eigenvalue weighted by Gasteiger charge is -2.31. The first-order chi connectivity index (χ1) is 12.8. The van der Waals surface area contributed by atoms with Gasteiger partial charge < -0.3 is 26.5 Å². The maximum absolute atomic E-state index is 12.9. The van der Waals surface area contributed by atoms with Gasteiger partial charge >= 0.3 is 6.18 Å². The van der Waals surface area contributed by atoms with Crippen LogP contribution in [0.3, 0.4) is 0 Å². The molecule has 0 aliphatic carbocycles. The molecule has 1 saturated heterocycles. The molecule has 1 fully saturated rings. The van der Waals surface area contributed by atoms with Gasteiger partial charge in [0.2, 0.25) is 5.95 Å². The minimum Gasteiger partial charge on any atom is -0.393 e. The van der Waals surface area contributed by atoms with Crippen molar-refractivity contribution in [3.05, 3.63) is 35.4 Å². The van der Waals surface area contributed by atoms with Crippen LogP contribution in [0.1, 0.15) is 24.0 Å². The number of alkyl halides is 3. The molecule has 10 heteroatoms. The molecule has 144 valence electrons. The molecule has 1 aliphatic rings. The first kappa shape index (κ1) is 18.9. The average molecular weight is 380 g/mol. The Hall–Kier alpha value is -2.88. The highest BCUT2D eigenvalue weighted by Crippen LogP contribution is 2.33. The van der Waals surface area contributed by atoms with Crippen molar-refractivity contribution in [1.29, 1.82) is 5.41 Å². The summed E-state index contributed by atoms with van der Waals surface area (Å²) < 4.78 is 38.8. The van der Waals surface area contributed by atoms with Crippen molar-refractivity contribution >= 4 is 29.5 Å². The molecule has 0 saturated carbocycles. The van der Waals surface area contributed by atoms with E-state index in [1.54, 1.807) is 0 Å². The van der Waals surface area contributed by atoms with E-state index in [0.717, 1.165) is 18.3 Å². The second kappa shape index (κ2) is 7.39. The standard InChI is InChI=1S/C17H19F3N6O/c18-17(19,20)10-2-1-3-11(8-10)23-14-13(9-21)15(25-16(22)24-14)26-6-4-12(27)5-7-26/h1-3,8-9,12,21,27H,4-7H2,(H3,22,23,24,25). The quantitative estimate of drug-likeness (QED) is 0.607. The molecule has 0 amide bonds. The third-order valence-electron chi connectivity index (χ3n) is 4.30. The van der Waals surface area contributed by atoms with Crippen LogP contribution in [-0.2, 0) is 6.18 Å². The van der Waals surface area contributed by atoms with E-state index in [9.17, 15) is 18.3 Å². The van der Waals surface area contributed by atoms with Crippen LogP contribution in [0.2, 0.25) is 0 Å². The summed E-state index contributed by atoms with van der Waals surface area (Å²) in [6.45, 7) is 1.06. The lowest BCUT2D eigenvalue weighted by atomic mass is 10.1. The first-order valence-electron chi connectivity index (χ1n) is 8.33. The fourth-order valence-electron chi connectivity index (χ4n) is 2.93. The number of aliphatic hydroxyl groups excluding tert-OH is 1. The minimum absolute atomic E-state index is 0.0591. The number of hydrogen-bond acceptors (Lipinski definition) is 7. The van der Waals surface area contributed by atoms with Crippen molar-refractivity contribution in [2.75, 3.05) is 29.0 Å². The van der Waals surface area contributed by atoms with E-state index in [-0.39, 0.29) is 23.6 Å². The number of nitrogens with zero attached hydrogens (tertiary/aromatic N) is 3. The molecule has 2 aromatic rings. The van der Waals surface area contributed by atoms with Gasteiger partial charge in [-0.1, -0.05) is 6.07 Å². The smallest absolute Gasteiger partial charge is 0.393 e. The molecule has 0 bridgehead atoms. The van der Waals surface area contributed by atoms with Gasteiger partial charge in [0.25, 0.3) is 0 Å². The van der Waals surface area contributed by atoms with Crippen LogP contribution in [0.4, 0.5) is 36.4 Å². The highest BCUT2D eigenvalue weighted by Gasteiger charge is 2.30. The summed E-state index contributed by atoms with van der Waals surface area (Å²) in [6, 6.07) is 4.69. The Kier molecular flexibility index (Phi) is 5.17. The van der Waals surface area contributed by atoms with Crippen LogP contribution in [0, 0.1) is 5.41 Å². The molecule has 5 N–H and O–H groups in total. The average Bonchev–Trinajstić information content (AvgIpc) is 2.61. The van der Waals surface area contributed by atoms with Gasteiger partial charge in [-0.3, -0.25) is 0 Å². The number of hydrogen-bond donors (Lipinski definition) is 4. The third kappa shape index (κ3) is 4.27. The predicted octanol–water partition coefficient (Wildman–Crippen LogP) is 2.78. The Labute approximate surface area is 153 Å². The minimum atomic E-state index is -4.47. The molecule has 0 spiro atoms. The predicted molar refractivity (Wildman–Crippen MR) is 96.5 cm³/mol. The second-order valence-electron chi connectivity index (χ2n) is 6.23. The molecule has 27 heavy (non-hydrogen) atoms. The Morgan fingerprint density at radius 2 is 1.96 bits per heavy atom. The van der Waals surface area contributed by atoms with E-state index in [0.29, 0.717) is 37.3 Å². The molecule has 1 aliphatic heterocycles. The van der Waals surface area contributed by atoms with E-state index in [1.807, 2.05) is 4.90 Å². The Balaban J connectivity index is 1.95. The van der Waals surface area contributed by atoms with E-state index < -0.39 is 11.7 Å². The topological polar surface area (TPSA) is 111 Å². The van der Waals surface area contributed by atoms with Gasteiger partial charge in [0, 0.05) is 25.0 Å². The summed E-state index contributed by atoms with van der Waals surface area (Å²) in [5.41, 5.74) is 5.47. The monoisotopic (exact) mass is 380 g/mol. The number of aliphatic hydroxyl groups is 1. The molecule has 3 rings (SSSR count). The lowest BCUT2D eigenvalue weighted by molar-refractivity contribution is -0.137. The molecular formula is C17H19F3N6O. The summed E-state index contributed by atoms with van der Waals surface area (Å²) in [5, 5.41) is 20.2. The van der Waals surface area contributed by atoms with Crippen LogP contribution < -0.4 is 16.0 Å². The van der Waals surface area contributed by atoms with Gasteiger partial charge in [-0.25, -0.2) is 0 Å².